The van der Waals surface area contributed by atoms with Gasteiger partial charge in [-0.1, -0.05) is 60.7 Å². The molecule has 0 unspecified atom stereocenters. The van der Waals surface area contributed by atoms with E-state index in [4.69, 9.17) is 4.74 Å². The van der Waals surface area contributed by atoms with Gasteiger partial charge >= 0.3 is 0 Å². The first-order chi connectivity index (χ1) is 15.1. The van der Waals surface area contributed by atoms with Gasteiger partial charge in [0.2, 0.25) is 5.91 Å². The van der Waals surface area contributed by atoms with Crippen molar-refractivity contribution in [2.75, 3.05) is 7.11 Å². The maximum absolute atomic E-state index is 13.1. The lowest BCUT2D eigenvalue weighted by Gasteiger charge is -2.20. The number of carbonyl (C=O) groups is 1. The number of carbonyl (C=O) groups excluding carboxylic acids is 1. The molecule has 158 valence electrons. The van der Waals surface area contributed by atoms with Crippen LogP contribution in [0.1, 0.15) is 42.0 Å². The zero-order valence-electron chi connectivity index (χ0n) is 18.2. The van der Waals surface area contributed by atoms with Gasteiger partial charge in [-0.15, -0.1) is 0 Å². The van der Waals surface area contributed by atoms with Gasteiger partial charge in [-0.05, 0) is 41.8 Å². The average molecular weight is 413 g/mol. The zero-order chi connectivity index (χ0) is 21.8. The molecule has 0 saturated carbocycles. The molecule has 0 fully saturated rings. The van der Waals surface area contributed by atoms with Gasteiger partial charge in [0, 0.05) is 36.5 Å². The molecule has 1 heterocycles. The fourth-order valence-corrected chi connectivity index (χ4v) is 4.21. The van der Waals surface area contributed by atoms with Crippen LogP contribution >= 0.6 is 0 Å². The minimum absolute atomic E-state index is 0.0325. The van der Waals surface area contributed by atoms with Crippen LogP contribution in [0.4, 0.5) is 0 Å². The van der Waals surface area contributed by atoms with Gasteiger partial charge in [-0.25, -0.2) is 0 Å². The molecule has 3 aromatic carbocycles. The normalized spacial score (nSPS) is 13.0. The molecule has 2 atom stereocenters. The summed E-state index contributed by atoms with van der Waals surface area (Å²) in [6.07, 6.45) is 2.52. The van der Waals surface area contributed by atoms with Crippen LogP contribution in [0.2, 0.25) is 0 Å². The van der Waals surface area contributed by atoms with Crippen LogP contribution in [0.3, 0.4) is 0 Å². The van der Waals surface area contributed by atoms with E-state index in [0.29, 0.717) is 6.42 Å². The van der Waals surface area contributed by atoms with E-state index in [0.717, 1.165) is 28.0 Å². The zero-order valence-corrected chi connectivity index (χ0v) is 18.2. The summed E-state index contributed by atoms with van der Waals surface area (Å²) in [7, 11) is 3.71. The third kappa shape index (κ3) is 4.48. The molecule has 0 aliphatic rings. The average Bonchev–Trinajstić information content (AvgIpc) is 3.14. The maximum atomic E-state index is 13.1. The van der Waals surface area contributed by atoms with Gasteiger partial charge in [-0.3, -0.25) is 4.79 Å². The molecule has 4 aromatic rings. The fraction of sp³-hybridized carbons (Fsp3) is 0.222. The Balaban J connectivity index is 1.66. The van der Waals surface area contributed by atoms with E-state index in [1.54, 1.807) is 7.11 Å². The Bertz CT molecular complexity index is 1160. The molecule has 0 bridgehead atoms. The number of methoxy groups -OCH3 is 1. The van der Waals surface area contributed by atoms with Crippen molar-refractivity contribution in [3.8, 4) is 5.75 Å². The molecule has 4 nitrogen and oxygen atoms in total. The molecule has 1 amide bonds. The van der Waals surface area contributed by atoms with Crippen LogP contribution in [0, 0.1) is 0 Å². The van der Waals surface area contributed by atoms with Crippen molar-refractivity contribution in [2.45, 2.75) is 25.3 Å². The molecule has 0 spiro atoms. The van der Waals surface area contributed by atoms with E-state index in [1.165, 1.54) is 5.39 Å². The second-order valence-electron chi connectivity index (χ2n) is 7.94. The van der Waals surface area contributed by atoms with Crippen LogP contribution in [-0.2, 0) is 11.8 Å². The van der Waals surface area contributed by atoms with Gasteiger partial charge in [0.1, 0.15) is 5.75 Å². The third-order valence-electron chi connectivity index (χ3n) is 5.89. The Morgan fingerprint density at radius 2 is 1.61 bits per heavy atom. The number of aryl methyl sites for hydroxylation is 1. The van der Waals surface area contributed by atoms with Crippen molar-refractivity contribution in [3.05, 3.63) is 102 Å². The third-order valence-corrected chi connectivity index (χ3v) is 5.89. The summed E-state index contributed by atoms with van der Waals surface area (Å²) in [6, 6.07) is 26.4. The first-order valence-corrected chi connectivity index (χ1v) is 10.6. The summed E-state index contributed by atoms with van der Waals surface area (Å²) in [5.74, 6) is 0.785. The molecule has 4 heteroatoms. The number of para-hydroxylation sites is 1. The molecule has 31 heavy (non-hydrogen) atoms. The highest BCUT2D eigenvalue weighted by atomic mass is 16.5. The van der Waals surface area contributed by atoms with E-state index in [1.807, 2.05) is 55.5 Å². The molecule has 1 N–H and O–H groups in total. The standard InChI is InChI=1S/C27H28N2O2/c1-19(20-9-5-4-6-10-20)28-27(30)17-24(21-13-15-22(31-3)16-14-21)25-18-29(2)26-12-8-7-11-23(25)26/h4-16,18-19,24H,17H2,1-3H3,(H,28,30)/t19-,24-/m1/s1. The van der Waals surface area contributed by atoms with E-state index in [-0.39, 0.29) is 17.9 Å². The van der Waals surface area contributed by atoms with Crippen molar-refractivity contribution >= 4 is 16.8 Å². The molecule has 0 radical (unpaired) electrons. The number of rotatable bonds is 7. The number of hydrogen-bond acceptors (Lipinski definition) is 2. The highest BCUT2D eigenvalue weighted by molar-refractivity contribution is 5.86. The van der Waals surface area contributed by atoms with Crippen molar-refractivity contribution in [2.24, 2.45) is 7.05 Å². The van der Waals surface area contributed by atoms with Gasteiger partial charge in [0.15, 0.2) is 0 Å². The fourth-order valence-electron chi connectivity index (χ4n) is 4.21. The van der Waals surface area contributed by atoms with Gasteiger partial charge in [0.05, 0.1) is 13.2 Å². The van der Waals surface area contributed by atoms with Crippen molar-refractivity contribution in [3.63, 3.8) is 0 Å². The Morgan fingerprint density at radius 3 is 2.32 bits per heavy atom. The van der Waals surface area contributed by atoms with Gasteiger partial charge < -0.3 is 14.6 Å². The monoisotopic (exact) mass is 412 g/mol. The minimum Gasteiger partial charge on any atom is -0.497 e. The maximum Gasteiger partial charge on any atom is 0.221 e. The van der Waals surface area contributed by atoms with Crippen LogP contribution in [-0.4, -0.2) is 17.6 Å². The molecule has 1 aromatic heterocycles. The van der Waals surface area contributed by atoms with Gasteiger partial charge in [0.25, 0.3) is 0 Å². The number of nitrogens with zero attached hydrogens (tertiary/aromatic N) is 1. The smallest absolute Gasteiger partial charge is 0.221 e. The Kier molecular flexibility index (Phi) is 6.08. The SMILES string of the molecule is COc1ccc([C@@H](CC(=O)N[C@H](C)c2ccccc2)c2cn(C)c3ccccc23)cc1. The Morgan fingerprint density at radius 1 is 0.935 bits per heavy atom. The summed E-state index contributed by atoms with van der Waals surface area (Å²) in [4.78, 5) is 13.1. The van der Waals surface area contributed by atoms with Crippen LogP contribution < -0.4 is 10.1 Å². The number of fused-ring (bicyclic) bond motifs is 1. The summed E-state index contributed by atoms with van der Waals surface area (Å²) < 4.78 is 7.46. The lowest BCUT2D eigenvalue weighted by atomic mass is 9.87. The topological polar surface area (TPSA) is 43.3 Å². The summed E-state index contributed by atoms with van der Waals surface area (Å²) in [6.45, 7) is 2.02. The second-order valence-corrected chi connectivity index (χ2v) is 7.94. The van der Waals surface area contributed by atoms with Crippen molar-refractivity contribution in [1.82, 2.24) is 9.88 Å². The van der Waals surface area contributed by atoms with Crippen LogP contribution in [0.5, 0.6) is 5.75 Å². The van der Waals surface area contributed by atoms with E-state index in [2.05, 4.69) is 53.5 Å². The van der Waals surface area contributed by atoms with Crippen LogP contribution in [0.25, 0.3) is 10.9 Å². The first-order valence-electron chi connectivity index (χ1n) is 10.6. The number of amides is 1. The molecule has 0 aliphatic heterocycles. The number of hydrogen-bond donors (Lipinski definition) is 1. The molecular formula is C27H28N2O2. The van der Waals surface area contributed by atoms with E-state index in [9.17, 15) is 4.79 Å². The van der Waals surface area contributed by atoms with Crippen LogP contribution in [0.15, 0.2) is 85.1 Å². The predicted octanol–water partition coefficient (Wildman–Crippen LogP) is 5.59. The quantitative estimate of drug-likeness (QED) is 0.430. The van der Waals surface area contributed by atoms with Crippen molar-refractivity contribution in [1.29, 1.82) is 0 Å². The number of benzene rings is 3. The highest BCUT2D eigenvalue weighted by Crippen LogP contribution is 2.35. The second kappa shape index (κ2) is 9.09. The summed E-state index contributed by atoms with van der Waals surface area (Å²) in [5, 5.41) is 4.35. The molecule has 0 saturated heterocycles. The number of aromatic nitrogens is 1. The van der Waals surface area contributed by atoms with E-state index >= 15 is 0 Å². The molecule has 4 rings (SSSR count). The summed E-state index contributed by atoms with van der Waals surface area (Å²) in [5.41, 5.74) is 4.52. The van der Waals surface area contributed by atoms with E-state index < -0.39 is 0 Å². The Labute approximate surface area is 183 Å². The lowest BCUT2D eigenvalue weighted by Crippen LogP contribution is -2.28. The lowest BCUT2D eigenvalue weighted by molar-refractivity contribution is -0.121. The summed E-state index contributed by atoms with van der Waals surface area (Å²) >= 11 is 0. The number of nitrogens with one attached hydrogen (secondary N) is 1. The van der Waals surface area contributed by atoms with Gasteiger partial charge in [-0.2, -0.15) is 0 Å². The largest absolute Gasteiger partial charge is 0.497 e. The first kappa shape index (κ1) is 20.7. The predicted molar refractivity (Wildman–Crippen MR) is 125 cm³/mol. The molecular weight excluding hydrogens is 384 g/mol. The molecule has 0 aliphatic carbocycles. The highest BCUT2D eigenvalue weighted by Gasteiger charge is 2.23. The Hall–Kier alpha value is -3.53. The minimum atomic E-state index is -0.0556. The van der Waals surface area contributed by atoms with Crippen molar-refractivity contribution < 1.29 is 9.53 Å². The number of ether oxygens (including phenoxy) is 1.